The van der Waals surface area contributed by atoms with Gasteiger partial charge in [-0.1, -0.05) is 55.1 Å². The van der Waals surface area contributed by atoms with E-state index in [1.54, 1.807) is 11.0 Å². The molecule has 0 bridgehead atoms. The molecule has 10 nitrogen and oxygen atoms in total. The number of nitrogens with zero attached hydrogens (tertiary/aromatic N) is 4. The summed E-state index contributed by atoms with van der Waals surface area (Å²) in [6, 6.07) is 16.8. The average molecular weight is 758 g/mol. The molecule has 4 aromatic rings. The van der Waals surface area contributed by atoms with Crippen molar-refractivity contribution in [3.63, 3.8) is 0 Å². The quantitative estimate of drug-likeness (QED) is 0.240. The molecule has 2 saturated carbocycles. The number of carbonyl (C=O) groups excluding carboxylic acids is 3. The van der Waals surface area contributed by atoms with Gasteiger partial charge in [-0.2, -0.15) is 4.98 Å². The number of nitrogens with one attached hydrogen (secondary N) is 1. The van der Waals surface area contributed by atoms with Crippen LogP contribution in [0.2, 0.25) is 5.02 Å². The van der Waals surface area contributed by atoms with Crippen molar-refractivity contribution in [3.8, 4) is 11.4 Å². The van der Waals surface area contributed by atoms with Crippen LogP contribution in [0.3, 0.4) is 0 Å². The largest absolute Gasteiger partial charge is 0.492 e. The highest BCUT2D eigenvalue weighted by atomic mass is 35.5. The number of halogens is 1. The molecule has 2 spiro atoms. The van der Waals surface area contributed by atoms with Crippen molar-refractivity contribution >= 4 is 40.2 Å². The molecule has 4 fully saturated rings. The Morgan fingerprint density at radius 1 is 0.891 bits per heavy atom. The molecule has 3 atom stereocenters. The number of likely N-dealkylation sites (tertiary alicyclic amines) is 1. The Kier molecular flexibility index (Phi) is 7.51. The van der Waals surface area contributed by atoms with Gasteiger partial charge in [0, 0.05) is 34.6 Å². The van der Waals surface area contributed by atoms with Crippen LogP contribution in [0.1, 0.15) is 121 Å². The summed E-state index contributed by atoms with van der Waals surface area (Å²) < 4.78 is 8.72. The lowest BCUT2D eigenvalue weighted by molar-refractivity contribution is -0.136. The number of imide groups is 1. The molecule has 2 saturated heterocycles. The predicted molar refractivity (Wildman–Crippen MR) is 207 cm³/mol. The SMILES string of the molecule is O=C1CC[C@H](N2Cc3c(ccc4c3OCC43CCN(C4CCC(c5ccc6c(c5)-n5c(nc(=O)c7c(Cl)cccc75)C65CCCCC5)C4)CC3)C2=O)C(=O)N1. The first kappa shape index (κ1) is 33.8. The van der Waals surface area contributed by atoms with Crippen molar-refractivity contribution in [2.45, 2.75) is 112 Å². The number of hydrogen-bond acceptors (Lipinski definition) is 7. The van der Waals surface area contributed by atoms with E-state index in [-0.39, 0.29) is 34.6 Å². The second kappa shape index (κ2) is 12.2. The van der Waals surface area contributed by atoms with Crippen LogP contribution in [0.25, 0.3) is 16.6 Å². The lowest BCUT2D eigenvalue weighted by Crippen LogP contribution is -2.52. The summed E-state index contributed by atoms with van der Waals surface area (Å²) >= 11 is 6.63. The second-order valence-corrected chi connectivity index (χ2v) is 17.7. The number of ether oxygens (including phenoxy) is 1. The number of piperidine rings is 2. The second-order valence-electron chi connectivity index (χ2n) is 17.3. The summed E-state index contributed by atoms with van der Waals surface area (Å²) in [5.74, 6) is 1.35. The Balaban J connectivity index is 0.821. The summed E-state index contributed by atoms with van der Waals surface area (Å²) in [7, 11) is 0. The Bertz CT molecular complexity index is 2410. The maximum Gasteiger partial charge on any atom is 0.282 e. The van der Waals surface area contributed by atoms with Gasteiger partial charge in [0.1, 0.15) is 17.6 Å². The van der Waals surface area contributed by atoms with Gasteiger partial charge < -0.3 is 14.5 Å². The number of aromatic nitrogens is 2. The lowest BCUT2D eigenvalue weighted by atomic mass is 9.69. The van der Waals surface area contributed by atoms with Gasteiger partial charge in [0.15, 0.2) is 0 Å². The van der Waals surface area contributed by atoms with Crippen LogP contribution in [-0.2, 0) is 27.0 Å². The van der Waals surface area contributed by atoms with Crippen LogP contribution in [-0.4, -0.2) is 68.9 Å². The van der Waals surface area contributed by atoms with Gasteiger partial charge in [0.05, 0.1) is 40.2 Å². The summed E-state index contributed by atoms with van der Waals surface area (Å²) in [4.78, 5) is 60.4. The zero-order valence-electron chi connectivity index (χ0n) is 30.9. The summed E-state index contributed by atoms with van der Waals surface area (Å²) in [5, 5.41) is 3.36. The molecule has 3 aromatic carbocycles. The minimum absolute atomic E-state index is 0.0761. The first-order chi connectivity index (χ1) is 26.7. The lowest BCUT2D eigenvalue weighted by Gasteiger charge is -2.41. The standard InChI is InChI=1S/C44H44ClN5O5/c45-32-5-4-6-33-37(32)40(53)47-42-44(15-2-1-3-16-44)30-11-8-26(22-35(30)50(33)42)25-7-9-27(21-25)48-19-17-43(18-20-48)24-55-38-29-23-49(34-13-14-36(51)46-39(34)52)41(54)28(29)10-12-31(38)43/h4-6,8,10-12,22,25,27,34H,1-3,7,9,13-21,23-24H2,(H,46,51,52)/t25?,27?,34-/m0/s1. The fourth-order valence-corrected chi connectivity index (χ4v) is 12.0. The smallest absolute Gasteiger partial charge is 0.282 e. The molecular formula is C44H44ClN5O5. The van der Waals surface area contributed by atoms with Gasteiger partial charge in [-0.25, -0.2) is 0 Å². The third-order valence-corrected chi connectivity index (χ3v) is 15.0. The van der Waals surface area contributed by atoms with E-state index in [2.05, 4.69) is 39.0 Å². The molecule has 11 rings (SSSR count). The molecule has 3 amide bonds. The normalized spacial score (nSPS) is 26.3. The number of carbonyl (C=O) groups is 3. The molecule has 55 heavy (non-hydrogen) atoms. The summed E-state index contributed by atoms with van der Waals surface area (Å²) in [6.07, 6.45) is 11.5. The Morgan fingerprint density at radius 2 is 1.71 bits per heavy atom. The van der Waals surface area contributed by atoms with Crippen LogP contribution < -0.4 is 15.6 Å². The minimum Gasteiger partial charge on any atom is -0.492 e. The molecule has 7 aliphatic rings. The Labute approximate surface area is 324 Å². The van der Waals surface area contributed by atoms with Crippen LogP contribution in [0, 0.1) is 0 Å². The predicted octanol–water partition coefficient (Wildman–Crippen LogP) is 6.43. The van der Waals surface area contributed by atoms with Crippen LogP contribution in [0.5, 0.6) is 5.75 Å². The van der Waals surface area contributed by atoms with E-state index in [1.807, 2.05) is 18.2 Å². The van der Waals surface area contributed by atoms with E-state index >= 15 is 0 Å². The van der Waals surface area contributed by atoms with Gasteiger partial charge >= 0.3 is 0 Å². The summed E-state index contributed by atoms with van der Waals surface area (Å²) in [5.41, 5.74) is 6.88. The molecular weight excluding hydrogens is 714 g/mol. The van der Waals surface area contributed by atoms with Crippen molar-refractivity contribution in [1.29, 1.82) is 0 Å². The van der Waals surface area contributed by atoms with Crippen LogP contribution in [0.4, 0.5) is 0 Å². The minimum atomic E-state index is -0.634. The summed E-state index contributed by atoms with van der Waals surface area (Å²) in [6.45, 7) is 2.96. The molecule has 1 aromatic heterocycles. The fourth-order valence-electron chi connectivity index (χ4n) is 11.8. The molecule has 11 heteroatoms. The van der Waals surface area contributed by atoms with Crippen molar-refractivity contribution in [2.75, 3.05) is 19.7 Å². The van der Waals surface area contributed by atoms with E-state index in [9.17, 15) is 19.2 Å². The van der Waals surface area contributed by atoms with E-state index in [4.69, 9.17) is 21.3 Å². The van der Waals surface area contributed by atoms with Crippen molar-refractivity contribution in [2.24, 2.45) is 0 Å². The van der Waals surface area contributed by atoms with E-state index in [0.29, 0.717) is 47.5 Å². The van der Waals surface area contributed by atoms with E-state index in [0.717, 1.165) is 87.1 Å². The molecule has 0 radical (unpaired) electrons. The van der Waals surface area contributed by atoms with Gasteiger partial charge in [0.2, 0.25) is 11.8 Å². The van der Waals surface area contributed by atoms with Crippen molar-refractivity contribution in [1.82, 2.24) is 24.7 Å². The zero-order valence-corrected chi connectivity index (χ0v) is 31.6. The van der Waals surface area contributed by atoms with E-state index in [1.165, 1.54) is 35.2 Å². The molecule has 5 aliphatic heterocycles. The Hall–Kier alpha value is -4.54. The maximum atomic E-state index is 13.4. The average Bonchev–Trinajstić information content (AvgIpc) is 3.96. The number of rotatable bonds is 3. The molecule has 1 N–H and O–H groups in total. The van der Waals surface area contributed by atoms with Gasteiger partial charge in [0.25, 0.3) is 11.5 Å². The topological polar surface area (TPSA) is 114 Å². The maximum absolute atomic E-state index is 13.4. The molecule has 2 unspecified atom stereocenters. The van der Waals surface area contributed by atoms with Crippen LogP contribution >= 0.6 is 11.6 Å². The zero-order chi connectivity index (χ0) is 37.2. The van der Waals surface area contributed by atoms with Crippen molar-refractivity contribution < 1.29 is 19.1 Å². The van der Waals surface area contributed by atoms with Gasteiger partial charge in [-0.05, 0) is 106 Å². The van der Waals surface area contributed by atoms with E-state index < -0.39 is 11.9 Å². The molecule has 2 aliphatic carbocycles. The number of fused-ring (bicyclic) bond motifs is 11. The highest BCUT2D eigenvalue weighted by molar-refractivity contribution is 6.35. The highest BCUT2D eigenvalue weighted by Crippen LogP contribution is 2.54. The fraction of sp³-hybridized carbons (Fsp3) is 0.477. The van der Waals surface area contributed by atoms with Gasteiger partial charge in [-0.15, -0.1) is 0 Å². The highest BCUT2D eigenvalue weighted by Gasteiger charge is 2.50. The van der Waals surface area contributed by atoms with Crippen LogP contribution in [0.15, 0.2) is 53.3 Å². The Morgan fingerprint density at radius 3 is 2.53 bits per heavy atom. The first-order valence-corrected chi connectivity index (χ1v) is 20.7. The van der Waals surface area contributed by atoms with Gasteiger partial charge in [-0.3, -0.25) is 29.1 Å². The number of amides is 3. The number of hydrogen-bond donors (Lipinski definition) is 1. The number of benzene rings is 3. The molecule has 282 valence electrons. The molecule has 6 heterocycles. The third-order valence-electron chi connectivity index (χ3n) is 14.7. The third kappa shape index (κ3) is 4.86. The van der Waals surface area contributed by atoms with Crippen molar-refractivity contribution in [3.05, 3.63) is 97.5 Å². The monoisotopic (exact) mass is 757 g/mol. The first-order valence-electron chi connectivity index (χ1n) is 20.3.